The van der Waals surface area contributed by atoms with Crippen LogP contribution in [0.5, 0.6) is 0 Å². The van der Waals surface area contributed by atoms with Crippen LogP contribution >= 0.6 is 11.8 Å². The van der Waals surface area contributed by atoms with Crippen LogP contribution in [0.1, 0.15) is 25.3 Å². The van der Waals surface area contributed by atoms with E-state index < -0.39 is 5.50 Å². The summed E-state index contributed by atoms with van der Waals surface area (Å²) in [5.41, 5.74) is 1.93. The molecule has 1 saturated heterocycles. The van der Waals surface area contributed by atoms with Gasteiger partial charge in [-0.25, -0.2) is 0 Å². The molecule has 0 bridgehead atoms. The number of carbonyl (C=O) groups is 4. The van der Waals surface area contributed by atoms with Crippen LogP contribution in [0.4, 0.5) is 11.4 Å². The van der Waals surface area contributed by atoms with Crippen LogP contribution in [0.25, 0.3) is 0 Å². The molecule has 1 aliphatic rings. The van der Waals surface area contributed by atoms with Crippen LogP contribution in [-0.4, -0.2) is 47.5 Å². The van der Waals surface area contributed by atoms with Gasteiger partial charge < -0.3 is 21.3 Å². The third-order valence-corrected chi connectivity index (χ3v) is 6.01. The number of hydrogen-bond acceptors (Lipinski definition) is 6. The zero-order chi connectivity index (χ0) is 24.3. The van der Waals surface area contributed by atoms with Gasteiger partial charge in [-0.15, -0.1) is 11.8 Å². The van der Waals surface area contributed by atoms with E-state index in [1.165, 1.54) is 18.7 Å². The van der Waals surface area contributed by atoms with E-state index in [9.17, 15) is 19.2 Å². The molecule has 5 N–H and O–H groups in total. The van der Waals surface area contributed by atoms with Gasteiger partial charge in [-0.2, -0.15) is 0 Å². The second-order valence-corrected chi connectivity index (χ2v) is 9.02. The highest BCUT2D eigenvalue weighted by Crippen LogP contribution is 2.16. The molecule has 0 spiro atoms. The Morgan fingerprint density at radius 3 is 2.32 bits per heavy atom. The van der Waals surface area contributed by atoms with Crippen molar-refractivity contribution in [2.24, 2.45) is 0 Å². The molecule has 2 atom stereocenters. The first-order valence-electron chi connectivity index (χ1n) is 11.0. The van der Waals surface area contributed by atoms with Crippen LogP contribution in [0.15, 0.2) is 54.6 Å². The molecule has 0 aromatic heterocycles. The van der Waals surface area contributed by atoms with Gasteiger partial charge in [0, 0.05) is 43.7 Å². The Balaban J connectivity index is 1.38. The number of rotatable bonds is 10. The molecular formula is C24H29N5O4S. The first-order valence-corrected chi connectivity index (χ1v) is 12.1. The van der Waals surface area contributed by atoms with Gasteiger partial charge in [-0.1, -0.05) is 30.3 Å². The zero-order valence-electron chi connectivity index (χ0n) is 18.9. The third kappa shape index (κ3) is 8.87. The summed E-state index contributed by atoms with van der Waals surface area (Å²) in [4.78, 5) is 47.7. The fourth-order valence-electron chi connectivity index (χ4n) is 3.45. The number of amides is 4. The van der Waals surface area contributed by atoms with Gasteiger partial charge in [0.05, 0.1) is 5.75 Å². The maximum Gasteiger partial charge on any atom is 0.234 e. The molecule has 1 fully saturated rings. The van der Waals surface area contributed by atoms with E-state index in [1.807, 2.05) is 30.3 Å². The van der Waals surface area contributed by atoms with Crippen molar-refractivity contribution < 1.29 is 19.2 Å². The maximum absolute atomic E-state index is 12.3. The predicted molar refractivity (Wildman–Crippen MR) is 133 cm³/mol. The smallest absolute Gasteiger partial charge is 0.234 e. The van der Waals surface area contributed by atoms with Gasteiger partial charge in [0.1, 0.15) is 5.50 Å². The van der Waals surface area contributed by atoms with Crippen LogP contribution in [0, 0.1) is 0 Å². The summed E-state index contributed by atoms with van der Waals surface area (Å²) in [5.74, 6) is -0.562. The lowest BCUT2D eigenvalue weighted by Crippen LogP contribution is -2.56. The fourth-order valence-corrected chi connectivity index (χ4v) is 4.34. The minimum atomic E-state index is -0.462. The van der Waals surface area contributed by atoms with Crippen molar-refractivity contribution >= 4 is 46.8 Å². The molecule has 9 nitrogen and oxygen atoms in total. The molecule has 10 heteroatoms. The standard InChI is InChI=1S/C24H29N5O4S/c1-16(30)26-18-7-9-19(10-8-18)27-23(33)15-34-24-28-20(14-22(32)29-24)13-21(31)25-12-11-17-5-3-2-4-6-17/h2-10,20,24,28H,11-15H2,1H3,(H,25,31)(H,26,30)(H,27,33)(H,29,32). The van der Waals surface area contributed by atoms with Gasteiger partial charge >= 0.3 is 0 Å². The Morgan fingerprint density at radius 1 is 0.971 bits per heavy atom. The quantitative estimate of drug-likeness (QED) is 0.351. The van der Waals surface area contributed by atoms with Crippen LogP contribution in [0.2, 0.25) is 0 Å². The SMILES string of the molecule is CC(=O)Nc1ccc(NC(=O)CSC2NC(=O)CC(CC(=O)NCCc3ccccc3)N2)cc1. The van der Waals surface area contributed by atoms with E-state index in [1.54, 1.807) is 24.3 Å². The molecule has 180 valence electrons. The highest BCUT2D eigenvalue weighted by molar-refractivity contribution is 8.00. The Morgan fingerprint density at radius 2 is 1.65 bits per heavy atom. The Kier molecular flexibility index (Phi) is 9.48. The molecule has 4 amide bonds. The van der Waals surface area contributed by atoms with E-state index in [2.05, 4.69) is 26.6 Å². The maximum atomic E-state index is 12.3. The van der Waals surface area contributed by atoms with Gasteiger partial charge in [0.2, 0.25) is 23.6 Å². The number of hydrogen-bond donors (Lipinski definition) is 5. The number of anilines is 2. The summed E-state index contributed by atoms with van der Waals surface area (Å²) in [6, 6.07) is 16.4. The summed E-state index contributed by atoms with van der Waals surface area (Å²) >= 11 is 1.24. The topological polar surface area (TPSA) is 128 Å². The first kappa shape index (κ1) is 25.3. The summed E-state index contributed by atoms with van der Waals surface area (Å²) < 4.78 is 0. The molecule has 3 rings (SSSR count). The molecule has 0 aliphatic carbocycles. The Labute approximate surface area is 202 Å². The Bertz CT molecular complexity index is 1000. The average Bonchev–Trinajstić information content (AvgIpc) is 2.79. The van der Waals surface area contributed by atoms with Crippen LogP contribution in [-0.2, 0) is 25.6 Å². The minimum Gasteiger partial charge on any atom is -0.356 e. The normalized spacial score (nSPS) is 17.4. The largest absolute Gasteiger partial charge is 0.356 e. The molecule has 1 heterocycles. The molecule has 2 unspecified atom stereocenters. The lowest BCUT2D eigenvalue weighted by molar-refractivity contribution is -0.125. The molecule has 1 aliphatic heterocycles. The van der Waals surface area contributed by atoms with Crippen molar-refractivity contribution in [3.8, 4) is 0 Å². The summed E-state index contributed by atoms with van der Waals surface area (Å²) in [5, 5.41) is 14.3. The van der Waals surface area contributed by atoms with Crippen LogP contribution in [0.3, 0.4) is 0 Å². The molecule has 34 heavy (non-hydrogen) atoms. The van der Waals surface area contributed by atoms with Crippen molar-refractivity contribution in [3.05, 3.63) is 60.2 Å². The third-order valence-electron chi connectivity index (χ3n) is 4.99. The highest BCUT2D eigenvalue weighted by Gasteiger charge is 2.28. The monoisotopic (exact) mass is 483 g/mol. The van der Waals surface area contributed by atoms with E-state index in [4.69, 9.17) is 0 Å². The summed E-state index contributed by atoms with van der Waals surface area (Å²) in [7, 11) is 0. The summed E-state index contributed by atoms with van der Waals surface area (Å²) in [6.07, 6.45) is 1.14. The number of carbonyl (C=O) groups excluding carboxylic acids is 4. The Hall–Kier alpha value is -3.37. The number of nitrogens with one attached hydrogen (secondary N) is 5. The van der Waals surface area contributed by atoms with Crippen LogP contribution < -0.4 is 26.6 Å². The van der Waals surface area contributed by atoms with Crippen molar-refractivity contribution in [3.63, 3.8) is 0 Å². The van der Waals surface area contributed by atoms with Crippen molar-refractivity contribution in [2.45, 2.75) is 37.7 Å². The second kappa shape index (κ2) is 12.8. The molecule has 2 aromatic carbocycles. The van der Waals surface area contributed by atoms with E-state index in [0.717, 1.165) is 12.0 Å². The van der Waals surface area contributed by atoms with Gasteiger partial charge in [-0.05, 0) is 36.2 Å². The van der Waals surface area contributed by atoms with E-state index in [-0.39, 0.29) is 48.3 Å². The number of thioether (sulfide) groups is 1. The van der Waals surface area contributed by atoms with E-state index in [0.29, 0.717) is 17.9 Å². The lowest BCUT2D eigenvalue weighted by atomic mass is 10.1. The number of benzene rings is 2. The zero-order valence-corrected chi connectivity index (χ0v) is 19.7. The van der Waals surface area contributed by atoms with Crippen molar-refractivity contribution in [2.75, 3.05) is 22.9 Å². The van der Waals surface area contributed by atoms with E-state index >= 15 is 0 Å². The molecule has 2 aromatic rings. The summed E-state index contributed by atoms with van der Waals surface area (Å²) in [6.45, 7) is 1.96. The van der Waals surface area contributed by atoms with Gasteiger partial charge in [0.25, 0.3) is 0 Å². The van der Waals surface area contributed by atoms with Gasteiger partial charge in [-0.3, -0.25) is 24.5 Å². The van der Waals surface area contributed by atoms with Crippen molar-refractivity contribution in [1.29, 1.82) is 0 Å². The lowest BCUT2D eigenvalue weighted by Gasteiger charge is -2.30. The van der Waals surface area contributed by atoms with Crippen molar-refractivity contribution in [1.82, 2.24) is 16.0 Å². The molecule has 0 saturated carbocycles. The minimum absolute atomic E-state index is 0.112. The predicted octanol–water partition coefficient (Wildman–Crippen LogP) is 1.83. The highest BCUT2D eigenvalue weighted by atomic mass is 32.2. The first-order chi connectivity index (χ1) is 16.4. The molecular weight excluding hydrogens is 454 g/mol. The van der Waals surface area contributed by atoms with Gasteiger partial charge in [0.15, 0.2) is 0 Å². The fraction of sp³-hybridized carbons (Fsp3) is 0.333. The second-order valence-electron chi connectivity index (χ2n) is 7.92. The molecule has 0 radical (unpaired) electrons. The average molecular weight is 484 g/mol.